The number of hydrogen-bond acceptors (Lipinski definition) is 4. The van der Waals surface area contributed by atoms with Gasteiger partial charge in [0, 0.05) is 0 Å². The molecule has 0 saturated carbocycles. The number of nitrogens with zero attached hydrogens (tertiary/aromatic N) is 1. The molecule has 0 amide bonds. The fraction of sp³-hybridized carbons (Fsp3) is 0.143. The first-order valence-corrected chi connectivity index (χ1v) is 3.62. The van der Waals surface area contributed by atoms with Crippen LogP contribution in [-0.4, -0.2) is 16.2 Å². The Bertz CT molecular complexity index is 469. The van der Waals surface area contributed by atoms with Gasteiger partial charge >= 0.3 is 5.82 Å². The molecule has 0 bridgehead atoms. The lowest BCUT2D eigenvalue weighted by Gasteiger charge is -2.00. The molecular weight excluding hydrogens is 214 g/mol. The van der Waals surface area contributed by atoms with Crippen LogP contribution in [0.5, 0.6) is 0 Å². The third-order valence-electron chi connectivity index (χ3n) is 1.66. The second kappa shape index (κ2) is 3.95. The molecule has 6 nitrogen and oxygen atoms in total. The van der Waals surface area contributed by atoms with Crippen LogP contribution >= 0.6 is 0 Å². The molecule has 0 aliphatic rings. The molecule has 80 valence electrons. The zero-order chi connectivity index (χ0) is 11.6. The lowest BCUT2D eigenvalue weighted by atomic mass is 10.2. The molecule has 1 rings (SSSR count). The predicted molar refractivity (Wildman–Crippen MR) is 44.1 cm³/mol. The largest absolute Gasteiger partial charge is 0.358 e. The molecule has 0 radical (unpaired) electrons. The summed E-state index contributed by atoms with van der Waals surface area (Å²) < 4.78 is 24.3. The van der Waals surface area contributed by atoms with Crippen LogP contribution in [0, 0.1) is 10.1 Å². The van der Waals surface area contributed by atoms with Crippen LogP contribution in [-0.2, 0) is 0 Å². The van der Waals surface area contributed by atoms with Gasteiger partial charge in [0.25, 0.3) is 6.43 Å². The Morgan fingerprint density at radius 2 is 2.13 bits per heavy atom. The standard InChI is InChI=1S/C7H4F2N2O4/c8-6(9)3-1-10-7(11(14)15)4(2-12)5(3)13/h1-2,6H,(H,10,13). The minimum absolute atomic E-state index is 0.122. The highest BCUT2D eigenvalue weighted by atomic mass is 19.3. The van der Waals surface area contributed by atoms with E-state index in [0.29, 0.717) is 6.20 Å². The van der Waals surface area contributed by atoms with Crippen molar-refractivity contribution in [1.82, 2.24) is 4.98 Å². The highest BCUT2D eigenvalue weighted by Gasteiger charge is 2.23. The Kier molecular flexibility index (Phi) is 2.88. The van der Waals surface area contributed by atoms with E-state index in [4.69, 9.17) is 0 Å². The Morgan fingerprint density at radius 1 is 1.53 bits per heavy atom. The van der Waals surface area contributed by atoms with Crippen LogP contribution in [0.4, 0.5) is 14.6 Å². The third-order valence-corrected chi connectivity index (χ3v) is 1.66. The SMILES string of the molecule is O=Cc1c([N+](=O)[O-])[nH]cc(C(F)F)c1=O. The van der Waals surface area contributed by atoms with Crippen molar-refractivity contribution in [2.45, 2.75) is 6.43 Å². The van der Waals surface area contributed by atoms with E-state index in [9.17, 15) is 28.5 Å². The number of H-pyrrole nitrogens is 1. The number of rotatable bonds is 3. The summed E-state index contributed by atoms with van der Waals surface area (Å²) in [7, 11) is 0. The Hall–Kier alpha value is -2.12. The molecule has 0 fully saturated rings. The van der Waals surface area contributed by atoms with Gasteiger partial charge in [-0.2, -0.15) is 0 Å². The first kappa shape index (κ1) is 11.0. The number of carbonyl (C=O) groups is 1. The van der Waals surface area contributed by atoms with Crippen molar-refractivity contribution in [2.24, 2.45) is 0 Å². The van der Waals surface area contributed by atoms with Crippen molar-refractivity contribution in [3.05, 3.63) is 37.7 Å². The van der Waals surface area contributed by atoms with Gasteiger partial charge in [0.1, 0.15) is 11.8 Å². The molecule has 1 heterocycles. The molecule has 0 aliphatic heterocycles. The normalized spacial score (nSPS) is 10.3. The van der Waals surface area contributed by atoms with Gasteiger partial charge < -0.3 is 10.1 Å². The lowest BCUT2D eigenvalue weighted by Crippen LogP contribution is -2.17. The third kappa shape index (κ3) is 1.87. The van der Waals surface area contributed by atoms with E-state index in [1.165, 1.54) is 0 Å². The topological polar surface area (TPSA) is 93.1 Å². The molecule has 0 unspecified atom stereocenters. The first-order valence-electron chi connectivity index (χ1n) is 3.62. The average Bonchev–Trinajstić information content (AvgIpc) is 2.16. The number of halogens is 2. The van der Waals surface area contributed by atoms with Crippen molar-refractivity contribution in [3.8, 4) is 0 Å². The second-order valence-electron chi connectivity index (χ2n) is 2.51. The van der Waals surface area contributed by atoms with Crippen LogP contribution in [0.25, 0.3) is 0 Å². The van der Waals surface area contributed by atoms with Crippen LogP contribution in [0.15, 0.2) is 11.0 Å². The highest BCUT2D eigenvalue weighted by Crippen LogP contribution is 2.17. The maximum atomic E-state index is 12.2. The molecule has 0 saturated heterocycles. The van der Waals surface area contributed by atoms with Crippen molar-refractivity contribution in [2.75, 3.05) is 0 Å². The summed E-state index contributed by atoms with van der Waals surface area (Å²) in [5.41, 5.74) is -3.20. The fourth-order valence-electron chi connectivity index (χ4n) is 0.975. The van der Waals surface area contributed by atoms with Crippen LogP contribution in [0.3, 0.4) is 0 Å². The lowest BCUT2D eigenvalue weighted by molar-refractivity contribution is -0.389. The number of carbonyl (C=O) groups excluding carboxylic acids is 1. The van der Waals surface area contributed by atoms with E-state index < -0.39 is 33.7 Å². The van der Waals surface area contributed by atoms with Gasteiger partial charge in [-0.15, -0.1) is 0 Å². The van der Waals surface area contributed by atoms with Crippen molar-refractivity contribution in [1.29, 1.82) is 0 Å². The van der Waals surface area contributed by atoms with Crippen LogP contribution < -0.4 is 5.43 Å². The Balaban J connectivity index is 3.53. The molecule has 15 heavy (non-hydrogen) atoms. The number of nitro groups is 1. The summed E-state index contributed by atoms with van der Waals surface area (Å²) in [6.07, 6.45) is -2.69. The number of alkyl halides is 2. The summed E-state index contributed by atoms with van der Waals surface area (Å²) in [5.74, 6) is -0.889. The zero-order valence-corrected chi connectivity index (χ0v) is 7.07. The van der Waals surface area contributed by atoms with Crippen molar-refractivity contribution in [3.63, 3.8) is 0 Å². The number of aromatic amines is 1. The molecular formula is C7H4F2N2O4. The minimum atomic E-state index is -3.09. The average molecular weight is 218 g/mol. The number of nitrogens with one attached hydrogen (secondary N) is 1. The smallest absolute Gasteiger partial charge is 0.335 e. The summed E-state index contributed by atoms with van der Waals surface area (Å²) in [6.45, 7) is 0. The summed E-state index contributed by atoms with van der Waals surface area (Å²) in [4.78, 5) is 32.6. The maximum Gasteiger partial charge on any atom is 0.335 e. The van der Waals surface area contributed by atoms with Gasteiger partial charge in [0.2, 0.25) is 5.43 Å². The molecule has 8 heteroatoms. The summed E-state index contributed by atoms with van der Waals surface area (Å²) >= 11 is 0. The van der Waals surface area contributed by atoms with Gasteiger partial charge in [-0.25, -0.2) is 13.8 Å². The number of pyridine rings is 1. The Morgan fingerprint density at radius 3 is 2.53 bits per heavy atom. The van der Waals surface area contributed by atoms with Gasteiger partial charge in [0.05, 0.1) is 0 Å². The summed E-state index contributed by atoms with van der Waals surface area (Å²) in [6, 6.07) is 0. The molecule has 0 spiro atoms. The molecule has 0 atom stereocenters. The van der Waals surface area contributed by atoms with E-state index in [-0.39, 0.29) is 6.29 Å². The highest BCUT2D eigenvalue weighted by molar-refractivity contribution is 5.80. The summed E-state index contributed by atoms with van der Waals surface area (Å²) in [5, 5.41) is 10.3. The number of hydrogen-bond donors (Lipinski definition) is 1. The number of aromatic nitrogens is 1. The van der Waals surface area contributed by atoms with Crippen LogP contribution in [0.1, 0.15) is 22.3 Å². The monoisotopic (exact) mass is 218 g/mol. The van der Waals surface area contributed by atoms with Crippen molar-refractivity contribution >= 4 is 12.1 Å². The maximum absolute atomic E-state index is 12.2. The first-order chi connectivity index (χ1) is 6.99. The Labute approximate surface area is 80.7 Å². The molecule has 1 N–H and O–H groups in total. The minimum Gasteiger partial charge on any atom is -0.358 e. The molecule has 1 aromatic heterocycles. The van der Waals surface area contributed by atoms with E-state index in [1.54, 1.807) is 0 Å². The molecule has 0 aromatic carbocycles. The van der Waals surface area contributed by atoms with Gasteiger partial charge in [0.15, 0.2) is 11.8 Å². The van der Waals surface area contributed by atoms with Crippen molar-refractivity contribution < 1.29 is 18.5 Å². The quantitative estimate of drug-likeness (QED) is 0.465. The van der Waals surface area contributed by atoms with E-state index in [2.05, 4.69) is 0 Å². The van der Waals surface area contributed by atoms with Crippen LogP contribution in [0.2, 0.25) is 0 Å². The zero-order valence-electron chi connectivity index (χ0n) is 7.07. The van der Waals surface area contributed by atoms with Gasteiger partial charge in [-0.3, -0.25) is 9.59 Å². The van der Waals surface area contributed by atoms with Gasteiger partial charge in [-0.1, -0.05) is 0 Å². The fourth-order valence-corrected chi connectivity index (χ4v) is 0.975. The van der Waals surface area contributed by atoms with E-state index >= 15 is 0 Å². The van der Waals surface area contributed by atoms with Gasteiger partial charge in [-0.05, 0) is 4.92 Å². The second-order valence-corrected chi connectivity index (χ2v) is 2.51. The number of aldehydes is 1. The molecule has 0 aliphatic carbocycles. The predicted octanol–water partition coefficient (Wildman–Crippen LogP) is 1.03. The van der Waals surface area contributed by atoms with E-state index in [0.717, 1.165) is 0 Å². The molecule has 1 aromatic rings. The van der Waals surface area contributed by atoms with E-state index in [1.807, 2.05) is 4.98 Å².